The van der Waals surface area contributed by atoms with E-state index in [1.54, 1.807) is 19.4 Å². The van der Waals surface area contributed by atoms with Crippen LogP contribution in [0.25, 0.3) is 6.08 Å². The minimum atomic E-state index is -0.443. The van der Waals surface area contributed by atoms with Crippen LogP contribution in [0.4, 0.5) is 4.79 Å². The van der Waals surface area contributed by atoms with Gasteiger partial charge in [-0.2, -0.15) is 0 Å². The van der Waals surface area contributed by atoms with Gasteiger partial charge in [-0.3, -0.25) is 0 Å². The fourth-order valence-electron chi connectivity index (χ4n) is 1.72. The van der Waals surface area contributed by atoms with Crippen LogP contribution in [0.5, 0.6) is 5.88 Å². The molecule has 22 heavy (non-hydrogen) atoms. The lowest BCUT2D eigenvalue weighted by Crippen LogP contribution is -2.24. The van der Waals surface area contributed by atoms with Gasteiger partial charge < -0.3 is 14.8 Å². The molecule has 1 amide bonds. The van der Waals surface area contributed by atoms with E-state index in [-0.39, 0.29) is 6.61 Å². The standard InChI is InChI=1S/C17H18N2O3/c1-21-16-10-9-14(12-19-16)8-5-11-18-17(20)22-13-15-6-3-2-4-7-15/h2-10,12H,11,13H2,1H3,(H,18,20). The first-order valence-electron chi connectivity index (χ1n) is 6.89. The van der Waals surface area contributed by atoms with E-state index in [4.69, 9.17) is 9.47 Å². The summed E-state index contributed by atoms with van der Waals surface area (Å²) >= 11 is 0. The van der Waals surface area contributed by atoms with Crippen molar-refractivity contribution in [3.05, 3.63) is 65.9 Å². The Labute approximate surface area is 129 Å². The molecule has 0 saturated heterocycles. The molecule has 0 aliphatic carbocycles. The highest BCUT2D eigenvalue weighted by molar-refractivity contribution is 5.67. The van der Waals surface area contributed by atoms with Gasteiger partial charge in [0.25, 0.3) is 0 Å². The summed E-state index contributed by atoms with van der Waals surface area (Å²) in [7, 11) is 1.57. The van der Waals surface area contributed by atoms with Crippen LogP contribution in [0, 0.1) is 0 Å². The minimum absolute atomic E-state index is 0.263. The Morgan fingerprint density at radius 3 is 2.73 bits per heavy atom. The molecule has 0 fully saturated rings. The molecule has 2 aromatic rings. The summed E-state index contributed by atoms with van der Waals surface area (Å²) in [6, 6.07) is 13.2. The lowest BCUT2D eigenvalue weighted by atomic mass is 10.2. The van der Waals surface area contributed by atoms with Crippen molar-refractivity contribution in [2.75, 3.05) is 13.7 Å². The maximum atomic E-state index is 11.5. The first kappa shape index (κ1) is 15.6. The van der Waals surface area contributed by atoms with E-state index in [0.29, 0.717) is 12.4 Å². The molecule has 0 unspecified atom stereocenters. The third kappa shape index (κ3) is 5.28. The summed E-state index contributed by atoms with van der Waals surface area (Å²) in [5.41, 5.74) is 1.89. The topological polar surface area (TPSA) is 60.5 Å². The minimum Gasteiger partial charge on any atom is -0.481 e. The van der Waals surface area contributed by atoms with Crippen molar-refractivity contribution in [2.24, 2.45) is 0 Å². The number of nitrogens with zero attached hydrogens (tertiary/aromatic N) is 1. The van der Waals surface area contributed by atoms with E-state index in [2.05, 4.69) is 10.3 Å². The van der Waals surface area contributed by atoms with Gasteiger partial charge in [0.05, 0.1) is 7.11 Å². The molecule has 2 rings (SSSR count). The molecule has 1 aromatic carbocycles. The van der Waals surface area contributed by atoms with E-state index >= 15 is 0 Å². The van der Waals surface area contributed by atoms with Crippen LogP contribution < -0.4 is 10.1 Å². The van der Waals surface area contributed by atoms with Gasteiger partial charge in [-0.15, -0.1) is 0 Å². The molecule has 114 valence electrons. The zero-order valence-corrected chi connectivity index (χ0v) is 12.4. The van der Waals surface area contributed by atoms with Crippen LogP contribution in [0.3, 0.4) is 0 Å². The second kappa shape index (κ2) is 8.46. The highest BCUT2D eigenvalue weighted by atomic mass is 16.5. The molecule has 5 heteroatoms. The number of ether oxygens (including phenoxy) is 2. The number of carbonyl (C=O) groups excluding carboxylic acids is 1. The number of nitrogens with one attached hydrogen (secondary N) is 1. The van der Waals surface area contributed by atoms with Crippen molar-refractivity contribution in [3.8, 4) is 5.88 Å². The van der Waals surface area contributed by atoms with E-state index < -0.39 is 6.09 Å². The number of rotatable bonds is 6. The van der Waals surface area contributed by atoms with Crippen LogP contribution in [-0.2, 0) is 11.3 Å². The van der Waals surface area contributed by atoms with E-state index in [1.807, 2.05) is 48.6 Å². The Morgan fingerprint density at radius 1 is 1.23 bits per heavy atom. The summed E-state index contributed by atoms with van der Waals surface area (Å²) in [4.78, 5) is 15.6. The smallest absolute Gasteiger partial charge is 0.407 e. The molecule has 0 atom stereocenters. The first-order valence-corrected chi connectivity index (χ1v) is 6.89. The van der Waals surface area contributed by atoms with Crippen LogP contribution in [0.1, 0.15) is 11.1 Å². The van der Waals surface area contributed by atoms with Gasteiger partial charge >= 0.3 is 6.09 Å². The first-order chi connectivity index (χ1) is 10.8. The van der Waals surface area contributed by atoms with E-state index in [9.17, 15) is 4.79 Å². The van der Waals surface area contributed by atoms with Gasteiger partial charge in [0.2, 0.25) is 5.88 Å². The summed E-state index contributed by atoms with van der Waals surface area (Å²) in [6.45, 7) is 0.651. The second-order valence-electron chi connectivity index (χ2n) is 4.48. The molecule has 0 aliphatic heterocycles. The number of alkyl carbamates (subject to hydrolysis) is 1. The van der Waals surface area contributed by atoms with Crippen LogP contribution in [0.15, 0.2) is 54.7 Å². The number of hydrogen-bond donors (Lipinski definition) is 1. The van der Waals surface area contributed by atoms with Crippen molar-refractivity contribution < 1.29 is 14.3 Å². The van der Waals surface area contributed by atoms with Gasteiger partial charge in [-0.1, -0.05) is 42.5 Å². The highest BCUT2D eigenvalue weighted by Gasteiger charge is 2.00. The van der Waals surface area contributed by atoms with Crippen LogP contribution >= 0.6 is 0 Å². The molecule has 0 spiro atoms. The number of pyridine rings is 1. The van der Waals surface area contributed by atoms with E-state index in [0.717, 1.165) is 11.1 Å². The number of methoxy groups -OCH3 is 1. The summed E-state index contributed by atoms with van der Waals surface area (Å²) in [5.74, 6) is 0.569. The van der Waals surface area contributed by atoms with Gasteiger partial charge in [0, 0.05) is 18.8 Å². The van der Waals surface area contributed by atoms with Crippen molar-refractivity contribution in [3.63, 3.8) is 0 Å². The Morgan fingerprint density at radius 2 is 2.05 bits per heavy atom. The van der Waals surface area contributed by atoms with E-state index in [1.165, 1.54) is 0 Å². The average Bonchev–Trinajstić information content (AvgIpc) is 2.58. The quantitative estimate of drug-likeness (QED) is 0.890. The summed E-state index contributed by atoms with van der Waals surface area (Å²) < 4.78 is 10.1. The fraction of sp³-hybridized carbons (Fsp3) is 0.176. The van der Waals surface area contributed by atoms with Crippen molar-refractivity contribution in [1.82, 2.24) is 10.3 Å². The number of aromatic nitrogens is 1. The van der Waals surface area contributed by atoms with Crippen LogP contribution in [0.2, 0.25) is 0 Å². The normalized spacial score (nSPS) is 10.4. The van der Waals surface area contributed by atoms with Crippen molar-refractivity contribution in [2.45, 2.75) is 6.61 Å². The molecule has 1 aromatic heterocycles. The average molecular weight is 298 g/mol. The van der Waals surface area contributed by atoms with Gasteiger partial charge in [-0.25, -0.2) is 9.78 Å². The van der Waals surface area contributed by atoms with Gasteiger partial charge in [0.1, 0.15) is 6.61 Å². The maximum Gasteiger partial charge on any atom is 0.407 e. The maximum absolute atomic E-state index is 11.5. The molecular formula is C17H18N2O3. The number of carbonyl (C=O) groups is 1. The Kier molecular flexibility index (Phi) is 5.99. The molecule has 0 saturated carbocycles. The molecule has 0 aliphatic rings. The van der Waals surface area contributed by atoms with Gasteiger partial charge in [-0.05, 0) is 17.2 Å². The second-order valence-corrected chi connectivity index (χ2v) is 4.48. The third-order valence-corrected chi connectivity index (χ3v) is 2.86. The Balaban J connectivity index is 1.68. The number of benzene rings is 1. The van der Waals surface area contributed by atoms with Crippen LogP contribution in [-0.4, -0.2) is 24.7 Å². The predicted octanol–water partition coefficient (Wildman–Crippen LogP) is 3.03. The SMILES string of the molecule is COc1ccc(C=CCNC(=O)OCc2ccccc2)cn1. The Bertz CT molecular complexity index is 610. The Hall–Kier alpha value is -2.82. The fourth-order valence-corrected chi connectivity index (χ4v) is 1.72. The summed E-state index contributed by atoms with van der Waals surface area (Å²) in [6.07, 6.45) is 4.95. The number of amides is 1. The molecule has 5 nitrogen and oxygen atoms in total. The lowest BCUT2D eigenvalue weighted by Gasteiger charge is -2.05. The van der Waals surface area contributed by atoms with Gasteiger partial charge in [0.15, 0.2) is 0 Å². The largest absolute Gasteiger partial charge is 0.481 e. The van der Waals surface area contributed by atoms with Crippen molar-refractivity contribution in [1.29, 1.82) is 0 Å². The molecule has 0 radical (unpaired) electrons. The molecule has 0 bridgehead atoms. The highest BCUT2D eigenvalue weighted by Crippen LogP contribution is 2.07. The monoisotopic (exact) mass is 298 g/mol. The zero-order chi connectivity index (χ0) is 15.6. The number of hydrogen-bond acceptors (Lipinski definition) is 4. The third-order valence-electron chi connectivity index (χ3n) is 2.86. The zero-order valence-electron chi connectivity index (χ0n) is 12.4. The molecule has 1 N–H and O–H groups in total. The molecular weight excluding hydrogens is 280 g/mol. The lowest BCUT2D eigenvalue weighted by molar-refractivity contribution is 0.141. The summed E-state index contributed by atoms with van der Waals surface area (Å²) in [5, 5.41) is 2.65. The molecule has 1 heterocycles. The van der Waals surface area contributed by atoms with Crippen molar-refractivity contribution >= 4 is 12.2 Å². The predicted molar refractivity (Wildman–Crippen MR) is 84.5 cm³/mol.